The van der Waals surface area contributed by atoms with Gasteiger partial charge in [-0.2, -0.15) is 0 Å². The molecule has 0 saturated carbocycles. The summed E-state index contributed by atoms with van der Waals surface area (Å²) in [5.74, 6) is 5.39. The standard InChI is InChI=1S/3C9H10O.4C9H12.C6H6O.C3H5Cl.ClH.3Na.H2O/c2*1-2-8-10-9-6-4-3-5-7-9;1-2-5-8-6-3-4-7-9(8)10;4*1-8(2)9-6-4-3-5-7-9;7-6-4-2-1-3-5-6;1-2-3-4;;;;;/h2*2-7H,1,8H2;2-4,6-7,10H,1,5H2;4*3-8H,1-2H3;1-5,7H;2H,1,3H2;1H;;;;1H2/q;;;;;;;;;;3*+1;/p-3. The molecule has 2 N–H and O–H groups in total. The van der Waals surface area contributed by atoms with Crippen molar-refractivity contribution in [3.8, 4) is 23.0 Å². The summed E-state index contributed by atoms with van der Waals surface area (Å²) in [7, 11) is 0. The molecule has 0 bridgehead atoms. The third-order valence-corrected chi connectivity index (χ3v) is 10.5. The first kappa shape index (κ1) is 88.7. The Labute approximate surface area is 574 Å². The molecule has 0 aliphatic heterocycles. The number of alkyl halides is 1. The number of phenolic OH excluding ortho intramolecular Hbond substituents is 1. The van der Waals surface area contributed by atoms with E-state index in [4.69, 9.17) is 21.1 Å². The molecule has 0 fully saturated rings. The van der Waals surface area contributed by atoms with Crippen LogP contribution in [0.4, 0.5) is 0 Å². The summed E-state index contributed by atoms with van der Waals surface area (Å²) < 4.78 is 10.5. The molecule has 0 radical (unpaired) electrons. The van der Waals surface area contributed by atoms with Crippen LogP contribution in [0.1, 0.15) is 107 Å². The number of para-hydroxylation sites is 4. The van der Waals surface area contributed by atoms with E-state index in [1.807, 2.05) is 109 Å². The topological polar surface area (TPSA) is 91.8 Å². The second-order valence-corrected chi connectivity index (χ2v) is 18.3. The van der Waals surface area contributed by atoms with E-state index in [-0.39, 0.29) is 112 Å². The van der Waals surface area contributed by atoms with E-state index in [9.17, 15) is 10.2 Å². The van der Waals surface area contributed by atoms with Gasteiger partial charge in [0, 0.05) is 5.88 Å². The van der Waals surface area contributed by atoms with Crippen molar-refractivity contribution >= 4 is 11.6 Å². The van der Waals surface area contributed by atoms with E-state index >= 15 is 0 Å². The fraction of sp³-hybridized carbons (Fsp3) is 0.222. The largest absolute Gasteiger partial charge is 1.00 e. The maximum Gasteiger partial charge on any atom is 1.00 e. The van der Waals surface area contributed by atoms with Crippen LogP contribution < -0.4 is 116 Å². The summed E-state index contributed by atoms with van der Waals surface area (Å²) in [6.07, 6.45) is 7.60. The van der Waals surface area contributed by atoms with Crippen molar-refractivity contribution in [1.29, 1.82) is 0 Å². The first-order valence-electron chi connectivity index (χ1n) is 26.3. The van der Waals surface area contributed by atoms with Crippen molar-refractivity contribution < 1.29 is 126 Å². The number of hydrogen-bond donors (Lipinski definition) is 1. The predicted molar refractivity (Wildman–Crippen MR) is 337 cm³/mol. The fourth-order valence-corrected chi connectivity index (χ4v) is 5.95. The molecule has 424 valence electrons. The Morgan fingerprint density at radius 1 is 0.390 bits per heavy atom. The number of ether oxygens (including phenoxy) is 2. The Kier molecular flexibility index (Phi) is 67.6. The molecule has 10 heteroatoms. The second kappa shape index (κ2) is 62.5. The second-order valence-electron chi connectivity index (χ2n) is 18.0. The summed E-state index contributed by atoms with van der Waals surface area (Å²) in [6, 6.07) is 77.0. The molecule has 0 aliphatic carbocycles. The van der Waals surface area contributed by atoms with Crippen LogP contribution in [0.15, 0.2) is 287 Å². The van der Waals surface area contributed by atoms with Crippen LogP contribution in [-0.2, 0) is 6.42 Å². The molecule has 82 heavy (non-hydrogen) atoms. The van der Waals surface area contributed by atoms with Crippen molar-refractivity contribution in [2.75, 3.05) is 19.1 Å². The molecular formula is C72H89Cl2Na3O5. The van der Waals surface area contributed by atoms with E-state index in [0.717, 1.165) is 23.5 Å². The maximum atomic E-state index is 10.3. The molecule has 0 aromatic heterocycles. The zero-order chi connectivity index (χ0) is 57.2. The van der Waals surface area contributed by atoms with Gasteiger partial charge in [-0.25, -0.2) is 0 Å². The molecule has 8 rings (SSSR count). The molecule has 0 heterocycles. The van der Waals surface area contributed by atoms with Gasteiger partial charge in [-0.15, -0.1) is 30.5 Å². The summed E-state index contributed by atoms with van der Waals surface area (Å²) in [6.45, 7) is 32.8. The first-order chi connectivity index (χ1) is 37.2. The van der Waals surface area contributed by atoms with Crippen LogP contribution in [0.5, 0.6) is 23.0 Å². The SMILES string of the molecule is C=CCCl.C=CCOc1ccccc1.C=CCOc1ccccc1.C=CCc1ccccc1O.CC(C)c1ccccc1.CC(C)c1ccccc1.CC(C)c1ccccc1.CC(C)c1ccccc1.[Cl-].[Na+].[Na+].[Na+].[O-]c1ccccc1.[OH-]. The van der Waals surface area contributed by atoms with Gasteiger partial charge in [-0.3, -0.25) is 0 Å². The molecular weight excluding hydrogens is 1080 g/mol. The molecule has 0 spiro atoms. The Morgan fingerprint density at radius 3 is 0.805 bits per heavy atom. The van der Waals surface area contributed by atoms with E-state index in [1.165, 1.54) is 34.4 Å². The monoisotopic (exact) mass is 1170 g/mol. The molecule has 5 nitrogen and oxygen atoms in total. The summed E-state index contributed by atoms with van der Waals surface area (Å²) in [5, 5.41) is 19.5. The van der Waals surface area contributed by atoms with Gasteiger partial charge in [0.15, 0.2) is 0 Å². The normalized spacial score (nSPS) is 8.74. The Hall–Kier alpha value is -4.54. The number of aromatic hydroxyl groups is 1. The van der Waals surface area contributed by atoms with Crippen LogP contribution in [0.25, 0.3) is 0 Å². The number of hydrogen-bond acceptors (Lipinski definition) is 5. The molecule has 8 aromatic rings. The third-order valence-electron chi connectivity index (χ3n) is 10.3. The molecule has 0 aliphatic rings. The predicted octanol–water partition coefficient (Wildman–Crippen LogP) is 7.87. The van der Waals surface area contributed by atoms with E-state index < -0.39 is 0 Å². The quantitative estimate of drug-likeness (QED) is 0.0722. The maximum absolute atomic E-state index is 10.3. The molecule has 8 aromatic carbocycles. The number of phenols is 1. The summed E-state index contributed by atoms with van der Waals surface area (Å²) in [5.41, 5.74) is 6.59. The number of allylic oxidation sites excluding steroid dienone is 2. The third kappa shape index (κ3) is 51.1. The van der Waals surface area contributed by atoms with Crippen molar-refractivity contribution in [1.82, 2.24) is 0 Å². The minimum Gasteiger partial charge on any atom is -1.00 e. The van der Waals surface area contributed by atoms with E-state index in [2.05, 4.69) is 179 Å². The van der Waals surface area contributed by atoms with Crippen molar-refractivity contribution in [2.24, 2.45) is 0 Å². The van der Waals surface area contributed by atoms with Crippen LogP contribution in [-0.4, -0.2) is 29.7 Å². The molecule has 0 atom stereocenters. The van der Waals surface area contributed by atoms with Gasteiger partial charge in [-0.05, 0) is 88.2 Å². The van der Waals surface area contributed by atoms with Crippen LogP contribution in [0.3, 0.4) is 0 Å². The average molecular weight is 1170 g/mol. The smallest absolute Gasteiger partial charge is 1.00 e. The van der Waals surface area contributed by atoms with Gasteiger partial charge < -0.3 is 37.6 Å². The molecule has 0 saturated heterocycles. The molecule has 0 unspecified atom stereocenters. The number of benzene rings is 8. The summed E-state index contributed by atoms with van der Waals surface area (Å²) >= 11 is 5.07. The van der Waals surface area contributed by atoms with Crippen molar-refractivity contribution in [3.63, 3.8) is 0 Å². The van der Waals surface area contributed by atoms with Crippen molar-refractivity contribution in [3.05, 3.63) is 315 Å². The fourth-order valence-electron chi connectivity index (χ4n) is 5.95. The minimum atomic E-state index is 0. The Balaban J connectivity index is -0.000000198. The minimum absolute atomic E-state index is 0. The zero-order valence-corrected chi connectivity index (χ0v) is 58.7. The van der Waals surface area contributed by atoms with Gasteiger partial charge in [0.2, 0.25) is 0 Å². The van der Waals surface area contributed by atoms with E-state index in [0.29, 0.717) is 48.5 Å². The van der Waals surface area contributed by atoms with Gasteiger partial charge in [0.25, 0.3) is 0 Å². The average Bonchev–Trinajstić information content (AvgIpc) is 3.47. The van der Waals surface area contributed by atoms with Gasteiger partial charge in [0.05, 0.1) is 0 Å². The van der Waals surface area contributed by atoms with Gasteiger partial charge in [0.1, 0.15) is 30.5 Å². The van der Waals surface area contributed by atoms with Crippen LogP contribution in [0, 0.1) is 0 Å². The first-order valence-corrected chi connectivity index (χ1v) is 26.8. The van der Waals surface area contributed by atoms with Crippen molar-refractivity contribution in [2.45, 2.75) is 85.5 Å². The molecule has 0 amide bonds. The van der Waals surface area contributed by atoms with Crippen LogP contribution >= 0.6 is 11.6 Å². The van der Waals surface area contributed by atoms with Crippen LogP contribution in [0.2, 0.25) is 0 Å². The Morgan fingerprint density at radius 2 is 0.622 bits per heavy atom. The number of rotatable bonds is 13. The Bertz CT molecular complexity index is 2360. The van der Waals surface area contributed by atoms with E-state index in [1.54, 1.807) is 42.5 Å². The summed E-state index contributed by atoms with van der Waals surface area (Å²) in [4.78, 5) is 0. The zero-order valence-electron chi connectivity index (χ0n) is 51.2. The van der Waals surface area contributed by atoms with Gasteiger partial charge in [-0.1, -0.05) is 299 Å². The number of halogens is 2. The van der Waals surface area contributed by atoms with Gasteiger partial charge >= 0.3 is 88.7 Å².